The summed E-state index contributed by atoms with van der Waals surface area (Å²) in [6.07, 6.45) is 0.610. The van der Waals surface area contributed by atoms with Crippen LogP contribution in [0.4, 0.5) is 0 Å². The first-order valence-corrected chi connectivity index (χ1v) is 4.32. The minimum atomic E-state index is -0.916. The molecule has 0 saturated heterocycles. The standard InChI is InChI=1S/C9H17NO3/c1-5-7(10-6(2)11)9(3,4)8(12)13/h7H,5H2,1-4H3,(H,10,11)(H,12,13)/t7-/m1/s1. The Balaban J connectivity index is 4.55. The van der Waals surface area contributed by atoms with Crippen molar-refractivity contribution in [1.82, 2.24) is 5.32 Å². The van der Waals surface area contributed by atoms with E-state index in [9.17, 15) is 9.59 Å². The molecule has 0 aliphatic carbocycles. The van der Waals surface area contributed by atoms with Gasteiger partial charge in [-0.15, -0.1) is 0 Å². The minimum absolute atomic E-state index is 0.193. The predicted octanol–water partition coefficient (Wildman–Crippen LogP) is 1.01. The van der Waals surface area contributed by atoms with Crippen LogP contribution in [0.2, 0.25) is 0 Å². The average molecular weight is 187 g/mol. The van der Waals surface area contributed by atoms with Gasteiger partial charge in [-0.2, -0.15) is 0 Å². The first-order valence-electron chi connectivity index (χ1n) is 4.32. The van der Waals surface area contributed by atoms with E-state index in [4.69, 9.17) is 5.11 Å². The molecule has 0 bridgehead atoms. The fourth-order valence-electron chi connectivity index (χ4n) is 1.19. The third kappa shape index (κ3) is 3.05. The van der Waals surface area contributed by atoms with E-state index < -0.39 is 11.4 Å². The lowest BCUT2D eigenvalue weighted by atomic mass is 9.83. The van der Waals surface area contributed by atoms with Gasteiger partial charge in [0, 0.05) is 13.0 Å². The van der Waals surface area contributed by atoms with Crippen molar-refractivity contribution in [3.8, 4) is 0 Å². The zero-order valence-electron chi connectivity index (χ0n) is 8.55. The van der Waals surface area contributed by atoms with Gasteiger partial charge in [-0.05, 0) is 20.3 Å². The van der Waals surface area contributed by atoms with Gasteiger partial charge in [0.15, 0.2) is 0 Å². The Hall–Kier alpha value is -1.06. The molecular weight excluding hydrogens is 170 g/mol. The second-order valence-corrected chi connectivity index (χ2v) is 3.69. The highest BCUT2D eigenvalue weighted by atomic mass is 16.4. The largest absolute Gasteiger partial charge is 0.481 e. The van der Waals surface area contributed by atoms with Gasteiger partial charge in [-0.3, -0.25) is 9.59 Å². The summed E-state index contributed by atoms with van der Waals surface area (Å²) >= 11 is 0. The Morgan fingerprint density at radius 1 is 1.46 bits per heavy atom. The van der Waals surface area contributed by atoms with Gasteiger partial charge in [0.1, 0.15) is 0 Å². The Kier molecular flexibility index (Phi) is 3.91. The molecule has 0 radical (unpaired) electrons. The van der Waals surface area contributed by atoms with E-state index in [1.165, 1.54) is 6.92 Å². The van der Waals surface area contributed by atoms with Crippen LogP contribution >= 0.6 is 0 Å². The van der Waals surface area contributed by atoms with Crippen LogP contribution in [0.1, 0.15) is 34.1 Å². The topological polar surface area (TPSA) is 66.4 Å². The molecule has 76 valence electrons. The number of amides is 1. The van der Waals surface area contributed by atoms with E-state index in [2.05, 4.69) is 5.32 Å². The Morgan fingerprint density at radius 2 is 1.92 bits per heavy atom. The summed E-state index contributed by atoms with van der Waals surface area (Å²) in [5.41, 5.74) is -0.916. The Morgan fingerprint density at radius 3 is 2.15 bits per heavy atom. The number of carbonyl (C=O) groups is 2. The van der Waals surface area contributed by atoms with E-state index in [-0.39, 0.29) is 11.9 Å². The number of carboxylic acids is 1. The lowest BCUT2D eigenvalue weighted by Gasteiger charge is -2.29. The van der Waals surface area contributed by atoms with Gasteiger partial charge < -0.3 is 10.4 Å². The lowest BCUT2D eigenvalue weighted by molar-refractivity contribution is -0.149. The molecule has 4 nitrogen and oxygen atoms in total. The van der Waals surface area contributed by atoms with Crippen LogP contribution in [-0.2, 0) is 9.59 Å². The molecule has 0 saturated carbocycles. The molecule has 0 aliphatic rings. The monoisotopic (exact) mass is 187 g/mol. The smallest absolute Gasteiger partial charge is 0.311 e. The van der Waals surface area contributed by atoms with Crippen molar-refractivity contribution in [2.24, 2.45) is 5.41 Å². The molecule has 2 N–H and O–H groups in total. The number of nitrogens with one attached hydrogen (secondary N) is 1. The van der Waals surface area contributed by atoms with E-state index >= 15 is 0 Å². The number of rotatable bonds is 4. The molecule has 1 atom stereocenters. The van der Waals surface area contributed by atoms with Crippen LogP contribution in [0.3, 0.4) is 0 Å². The normalized spacial score (nSPS) is 13.5. The molecular formula is C9H17NO3. The molecule has 0 aromatic rings. The number of hydrogen-bond donors (Lipinski definition) is 2. The Bertz CT molecular complexity index is 211. The van der Waals surface area contributed by atoms with Gasteiger partial charge in [-0.1, -0.05) is 6.92 Å². The molecule has 0 spiro atoms. The maximum Gasteiger partial charge on any atom is 0.311 e. The summed E-state index contributed by atoms with van der Waals surface area (Å²) in [5.74, 6) is -1.09. The fourth-order valence-corrected chi connectivity index (χ4v) is 1.19. The van der Waals surface area contributed by atoms with E-state index in [1.54, 1.807) is 13.8 Å². The van der Waals surface area contributed by atoms with Gasteiger partial charge in [-0.25, -0.2) is 0 Å². The SMILES string of the molecule is CC[C@@H](NC(C)=O)C(C)(C)C(=O)O. The number of carboxylic acid groups (broad SMARTS) is 1. The first kappa shape index (κ1) is 11.9. The first-order chi connectivity index (χ1) is 5.82. The molecule has 0 unspecified atom stereocenters. The highest BCUT2D eigenvalue weighted by Crippen LogP contribution is 2.23. The fraction of sp³-hybridized carbons (Fsp3) is 0.778. The van der Waals surface area contributed by atoms with Crippen molar-refractivity contribution >= 4 is 11.9 Å². The minimum Gasteiger partial charge on any atom is -0.481 e. The van der Waals surface area contributed by atoms with Crippen LogP contribution in [0.15, 0.2) is 0 Å². The van der Waals surface area contributed by atoms with Crippen molar-refractivity contribution < 1.29 is 14.7 Å². The number of hydrogen-bond acceptors (Lipinski definition) is 2. The van der Waals surface area contributed by atoms with Crippen LogP contribution in [0, 0.1) is 5.41 Å². The van der Waals surface area contributed by atoms with Gasteiger partial charge in [0.25, 0.3) is 0 Å². The Labute approximate surface area is 78.3 Å². The maximum absolute atomic E-state index is 10.9. The molecule has 0 heterocycles. The van der Waals surface area contributed by atoms with E-state index in [1.807, 2.05) is 6.92 Å². The molecule has 0 aromatic heterocycles. The average Bonchev–Trinajstić information content (AvgIpc) is 1.99. The van der Waals surface area contributed by atoms with Gasteiger partial charge in [0.2, 0.25) is 5.91 Å². The van der Waals surface area contributed by atoms with Crippen molar-refractivity contribution in [1.29, 1.82) is 0 Å². The molecule has 1 amide bonds. The van der Waals surface area contributed by atoms with Crippen molar-refractivity contribution in [2.75, 3.05) is 0 Å². The lowest BCUT2D eigenvalue weighted by Crippen LogP contribution is -2.47. The maximum atomic E-state index is 10.9. The van der Waals surface area contributed by atoms with Crippen LogP contribution in [-0.4, -0.2) is 23.0 Å². The van der Waals surface area contributed by atoms with Crippen molar-refractivity contribution in [3.05, 3.63) is 0 Å². The molecule has 0 aromatic carbocycles. The van der Waals surface area contributed by atoms with Gasteiger partial charge >= 0.3 is 5.97 Å². The molecule has 0 aliphatic heterocycles. The molecule has 13 heavy (non-hydrogen) atoms. The second kappa shape index (κ2) is 4.25. The summed E-state index contributed by atoms with van der Waals surface area (Å²) in [6, 6.07) is -0.317. The summed E-state index contributed by atoms with van der Waals surface area (Å²) in [7, 11) is 0. The third-order valence-electron chi connectivity index (χ3n) is 2.21. The second-order valence-electron chi connectivity index (χ2n) is 3.69. The third-order valence-corrected chi connectivity index (χ3v) is 2.21. The van der Waals surface area contributed by atoms with Crippen LogP contribution < -0.4 is 5.32 Å². The van der Waals surface area contributed by atoms with Gasteiger partial charge in [0.05, 0.1) is 5.41 Å². The summed E-state index contributed by atoms with van der Waals surface area (Å²) in [4.78, 5) is 21.6. The van der Waals surface area contributed by atoms with E-state index in [0.717, 1.165) is 0 Å². The highest BCUT2D eigenvalue weighted by Gasteiger charge is 2.36. The summed E-state index contributed by atoms with van der Waals surface area (Å²) in [5, 5.41) is 11.5. The molecule has 4 heteroatoms. The number of carbonyl (C=O) groups excluding carboxylic acids is 1. The predicted molar refractivity (Wildman–Crippen MR) is 49.3 cm³/mol. The quantitative estimate of drug-likeness (QED) is 0.690. The van der Waals surface area contributed by atoms with Crippen molar-refractivity contribution in [3.63, 3.8) is 0 Å². The van der Waals surface area contributed by atoms with Crippen LogP contribution in [0.25, 0.3) is 0 Å². The van der Waals surface area contributed by atoms with Crippen LogP contribution in [0.5, 0.6) is 0 Å². The number of aliphatic carboxylic acids is 1. The zero-order valence-corrected chi connectivity index (χ0v) is 8.55. The summed E-state index contributed by atoms with van der Waals surface area (Å²) < 4.78 is 0. The summed E-state index contributed by atoms with van der Waals surface area (Å²) in [6.45, 7) is 6.46. The highest BCUT2D eigenvalue weighted by molar-refractivity contribution is 5.78. The molecule has 0 rings (SSSR count). The molecule has 0 fully saturated rings. The van der Waals surface area contributed by atoms with Crippen molar-refractivity contribution in [2.45, 2.75) is 40.2 Å². The zero-order chi connectivity index (χ0) is 10.6. The van der Waals surface area contributed by atoms with E-state index in [0.29, 0.717) is 6.42 Å².